The summed E-state index contributed by atoms with van der Waals surface area (Å²) < 4.78 is 0. The third-order valence-corrected chi connectivity index (χ3v) is 4.74. The molecule has 2 fully saturated rings. The minimum atomic E-state index is -0.0500. The molecule has 1 aromatic heterocycles. The van der Waals surface area contributed by atoms with E-state index in [1.165, 1.54) is 0 Å². The average molecular weight is 330 g/mol. The molecule has 0 atom stereocenters. The number of anilines is 1. The van der Waals surface area contributed by atoms with Crippen LogP contribution >= 0.6 is 0 Å². The molecule has 130 valence electrons. The van der Waals surface area contributed by atoms with Crippen LogP contribution in [-0.4, -0.2) is 39.8 Å². The van der Waals surface area contributed by atoms with Crippen LogP contribution in [0.2, 0.25) is 0 Å². The summed E-state index contributed by atoms with van der Waals surface area (Å²) in [5.74, 6) is 2.03. The van der Waals surface area contributed by atoms with Crippen LogP contribution in [-0.2, 0) is 9.59 Å². The lowest BCUT2D eigenvalue weighted by Crippen LogP contribution is -2.42. The van der Waals surface area contributed by atoms with E-state index >= 15 is 0 Å². The summed E-state index contributed by atoms with van der Waals surface area (Å²) >= 11 is 0. The van der Waals surface area contributed by atoms with Gasteiger partial charge >= 0.3 is 0 Å². The normalized spacial score (nSPS) is 18.8. The third kappa shape index (κ3) is 3.91. The zero-order chi connectivity index (χ0) is 17.3. The smallest absolute Gasteiger partial charge is 0.228 e. The molecular weight excluding hydrogens is 304 g/mol. The van der Waals surface area contributed by atoms with Crippen molar-refractivity contribution in [1.29, 1.82) is 0 Å². The number of piperidine rings is 1. The Morgan fingerprint density at radius 2 is 1.79 bits per heavy atom. The molecule has 1 saturated heterocycles. The average Bonchev–Trinajstić information content (AvgIpc) is 3.38. The molecular formula is C18H26N4O2. The van der Waals surface area contributed by atoms with Crippen LogP contribution in [0.15, 0.2) is 6.07 Å². The number of hydrogen-bond acceptors (Lipinski definition) is 4. The summed E-state index contributed by atoms with van der Waals surface area (Å²) in [4.78, 5) is 35.3. The van der Waals surface area contributed by atoms with Gasteiger partial charge in [0.2, 0.25) is 11.8 Å². The second-order valence-electron chi connectivity index (χ2n) is 7.27. The predicted molar refractivity (Wildman–Crippen MR) is 91.5 cm³/mol. The Morgan fingerprint density at radius 1 is 1.12 bits per heavy atom. The molecule has 0 bridgehead atoms. The van der Waals surface area contributed by atoms with Crippen LogP contribution in [0.1, 0.15) is 57.0 Å². The molecule has 1 aliphatic heterocycles. The summed E-state index contributed by atoms with van der Waals surface area (Å²) in [7, 11) is 0. The molecule has 6 heteroatoms. The summed E-state index contributed by atoms with van der Waals surface area (Å²) in [5, 5.41) is 2.93. The highest BCUT2D eigenvalue weighted by atomic mass is 16.2. The van der Waals surface area contributed by atoms with Gasteiger partial charge < -0.3 is 10.2 Å². The molecule has 0 aromatic carbocycles. The fourth-order valence-corrected chi connectivity index (χ4v) is 3.09. The lowest BCUT2D eigenvalue weighted by molar-refractivity contribution is -0.135. The van der Waals surface area contributed by atoms with Crippen molar-refractivity contribution in [3.63, 3.8) is 0 Å². The van der Waals surface area contributed by atoms with Crippen molar-refractivity contribution in [1.82, 2.24) is 14.9 Å². The molecule has 1 saturated carbocycles. The van der Waals surface area contributed by atoms with Gasteiger partial charge in [0.25, 0.3) is 0 Å². The van der Waals surface area contributed by atoms with Crippen molar-refractivity contribution in [2.75, 3.05) is 18.4 Å². The van der Waals surface area contributed by atoms with Gasteiger partial charge in [-0.1, -0.05) is 13.8 Å². The van der Waals surface area contributed by atoms with E-state index in [0.29, 0.717) is 18.9 Å². The standard InChI is InChI=1S/C18H26N4O2/c1-11(2)16-19-12(3)10-15(20-16)21-17(23)13-6-8-22(9-7-13)18(24)14-4-5-14/h10-11,13-14H,4-9H2,1-3H3,(H,19,20,21,23). The van der Waals surface area contributed by atoms with E-state index in [1.54, 1.807) is 6.07 Å². The van der Waals surface area contributed by atoms with Gasteiger partial charge in [-0.05, 0) is 32.6 Å². The Kier molecular flexibility index (Phi) is 4.83. The van der Waals surface area contributed by atoms with E-state index in [0.717, 1.165) is 37.2 Å². The lowest BCUT2D eigenvalue weighted by atomic mass is 9.95. The topological polar surface area (TPSA) is 75.2 Å². The molecule has 6 nitrogen and oxygen atoms in total. The molecule has 0 unspecified atom stereocenters. The maximum Gasteiger partial charge on any atom is 0.228 e. The fourth-order valence-electron chi connectivity index (χ4n) is 3.09. The first-order valence-electron chi connectivity index (χ1n) is 8.89. The Hall–Kier alpha value is -1.98. The first kappa shape index (κ1) is 16.9. The van der Waals surface area contributed by atoms with Crippen molar-refractivity contribution in [2.24, 2.45) is 11.8 Å². The van der Waals surface area contributed by atoms with Gasteiger partial charge in [0.1, 0.15) is 11.6 Å². The summed E-state index contributed by atoms with van der Waals surface area (Å²) in [5.41, 5.74) is 0.855. The minimum absolute atomic E-state index is 0.00123. The number of nitrogens with zero attached hydrogens (tertiary/aromatic N) is 3. The van der Waals surface area contributed by atoms with Crippen molar-refractivity contribution < 1.29 is 9.59 Å². The summed E-state index contributed by atoms with van der Waals surface area (Å²) in [6.07, 6.45) is 3.52. The molecule has 24 heavy (non-hydrogen) atoms. The van der Waals surface area contributed by atoms with Crippen molar-refractivity contribution in [3.05, 3.63) is 17.6 Å². The first-order chi connectivity index (χ1) is 11.4. The van der Waals surface area contributed by atoms with Gasteiger partial charge in [-0.2, -0.15) is 0 Å². The van der Waals surface area contributed by atoms with E-state index in [1.807, 2.05) is 25.7 Å². The molecule has 1 N–H and O–H groups in total. The Bertz CT molecular complexity index is 632. The molecule has 0 spiro atoms. The molecule has 0 radical (unpaired) electrons. The Morgan fingerprint density at radius 3 is 2.38 bits per heavy atom. The molecule has 2 heterocycles. The van der Waals surface area contributed by atoms with E-state index in [9.17, 15) is 9.59 Å². The molecule has 1 aliphatic carbocycles. The quantitative estimate of drug-likeness (QED) is 0.920. The maximum absolute atomic E-state index is 12.5. The number of likely N-dealkylation sites (tertiary alicyclic amines) is 1. The van der Waals surface area contributed by atoms with E-state index < -0.39 is 0 Å². The van der Waals surface area contributed by atoms with Crippen molar-refractivity contribution in [3.8, 4) is 0 Å². The fraction of sp³-hybridized carbons (Fsp3) is 0.667. The van der Waals surface area contributed by atoms with Crippen LogP contribution in [0, 0.1) is 18.8 Å². The number of nitrogens with one attached hydrogen (secondary N) is 1. The van der Waals surface area contributed by atoms with Crippen LogP contribution in [0.3, 0.4) is 0 Å². The Labute approximate surface area is 143 Å². The molecule has 2 amide bonds. The zero-order valence-corrected chi connectivity index (χ0v) is 14.7. The minimum Gasteiger partial charge on any atom is -0.342 e. The van der Waals surface area contributed by atoms with Crippen LogP contribution in [0.4, 0.5) is 5.82 Å². The maximum atomic E-state index is 12.5. The summed E-state index contributed by atoms with van der Waals surface area (Å²) in [6, 6.07) is 1.80. The third-order valence-electron chi connectivity index (χ3n) is 4.74. The second-order valence-corrected chi connectivity index (χ2v) is 7.27. The van der Waals surface area contributed by atoms with Gasteiger partial charge in [-0.25, -0.2) is 9.97 Å². The Balaban J connectivity index is 1.57. The first-order valence-corrected chi connectivity index (χ1v) is 8.89. The van der Waals surface area contributed by atoms with Gasteiger partial charge in [-0.15, -0.1) is 0 Å². The van der Waals surface area contributed by atoms with Crippen LogP contribution in [0.5, 0.6) is 0 Å². The highest BCUT2D eigenvalue weighted by Crippen LogP contribution is 2.32. The van der Waals surface area contributed by atoms with Gasteiger partial charge in [0.15, 0.2) is 0 Å². The number of aryl methyl sites for hydroxylation is 1. The SMILES string of the molecule is Cc1cc(NC(=O)C2CCN(C(=O)C3CC3)CC2)nc(C(C)C)n1. The molecule has 1 aromatic rings. The van der Waals surface area contributed by atoms with E-state index in [4.69, 9.17) is 0 Å². The molecule has 2 aliphatic rings. The second kappa shape index (κ2) is 6.87. The van der Waals surface area contributed by atoms with Gasteiger partial charge in [0.05, 0.1) is 0 Å². The van der Waals surface area contributed by atoms with E-state index in [-0.39, 0.29) is 29.6 Å². The highest BCUT2D eigenvalue weighted by Gasteiger charge is 2.36. The van der Waals surface area contributed by atoms with Gasteiger partial charge in [0, 0.05) is 42.6 Å². The lowest BCUT2D eigenvalue weighted by Gasteiger charge is -2.31. The van der Waals surface area contributed by atoms with Crippen molar-refractivity contribution in [2.45, 2.75) is 52.4 Å². The number of carbonyl (C=O) groups is 2. The monoisotopic (exact) mass is 330 g/mol. The number of carbonyl (C=O) groups excluding carboxylic acids is 2. The number of rotatable bonds is 4. The summed E-state index contributed by atoms with van der Waals surface area (Å²) in [6.45, 7) is 7.35. The van der Waals surface area contributed by atoms with E-state index in [2.05, 4.69) is 15.3 Å². The highest BCUT2D eigenvalue weighted by molar-refractivity contribution is 5.92. The number of hydrogen-bond donors (Lipinski definition) is 1. The zero-order valence-electron chi connectivity index (χ0n) is 14.7. The van der Waals surface area contributed by atoms with Crippen LogP contribution in [0.25, 0.3) is 0 Å². The molecule has 3 rings (SSSR count). The van der Waals surface area contributed by atoms with Crippen LogP contribution < -0.4 is 5.32 Å². The van der Waals surface area contributed by atoms with Crippen molar-refractivity contribution >= 4 is 17.6 Å². The number of amides is 2. The van der Waals surface area contributed by atoms with Gasteiger partial charge in [-0.3, -0.25) is 9.59 Å². The number of aromatic nitrogens is 2. The predicted octanol–water partition coefficient (Wildman–Crippen LogP) is 2.50. The largest absolute Gasteiger partial charge is 0.342 e.